The van der Waals surface area contributed by atoms with E-state index in [2.05, 4.69) is 39.1 Å². The number of halogens is 2. The molecule has 0 radical (unpaired) electrons. The Labute approximate surface area is 149 Å². The van der Waals surface area contributed by atoms with Crippen molar-refractivity contribution in [2.45, 2.75) is 46.4 Å². The van der Waals surface area contributed by atoms with Gasteiger partial charge in [-0.05, 0) is 47.9 Å². The monoisotopic (exact) mass is 356 g/mol. The Morgan fingerprint density at radius 1 is 1.28 bits per heavy atom. The van der Waals surface area contributed by atoms with Gasteiger partial charge in [0.2, 0.25) is 0 Å². The van der Waals surface area contributed by atoms with Gasteiger partial charge in [0.1, 0.15) is 5.75 Å². The molecule has 0 heterocycles. The van der Waals surface area contributed by atoms with Crippen LogP contribution in [-0.4, -0.2) is 50.2 Å². The lowest BCUT2D eigenvalue weighted by atomic mass is 10.0. The van der Waals surface area contributed by atoms with Crippen LogP contribution in [0.15, 0.2) is 23.2 Å². The molecule has 0 fully saturated rings. The number of aryl methyl sites for hydroxylation is 1. The van der Waals surface area contributed by atoms with E-state index in [1.165, 1.54) is 0 Å². The lowest BCUT2D eigenvalue weighted by Gasteiger charge is -2.33. The summed E-state index contributed by atoms with van der Waals surface area (Å²) in [6.45, 7) is 6.94. The smallest absolute Gasteiger partial charge is 0.387 e. The Bertz CT molecular complexity index is 574. The van der Waals surface area contributed by atoms with E-state index in [0.29, 0.717) is 24.6 Å². The Morgan fingerprint density at radius 3 is 2.52 bits per heavy atom. The maximum Gasteiger partial charge on any atom is 0.387 e. The second-order valence-corrected chi connectivity index (χ2v) is 6.75. The Balaban J connectivity index is 2.88. The summed E-state index contributed by atoms with van der Waals surface area (Å²) in [4.78, 5) is 6.63. The summed E-state index contributed by atoms with van der Waals surface area (Å²) >= 11 is 0. The SMILES string of the molecule is CCNC(=NCc1cc(C)ccc1OC(F)F)NCC(C)(C)N(C)C. The van der Waals surface area contributed by atoms with Crippen molar-refractivity contribution < 1.29 is 13.5 Å². The standard InChI is InChI=1S/C18H30F2N4O/c1-7-21-17(23-12-18(3,4)24(5)6)22-11-14-10-13(2)8-9-15(14)25-16(19)20/h8-10,16H,7,11-12H2,1-6H3,(H2,21,22,23). The van der Waals surface area contributed by atoms with Crippen molar-refractivity contribution in [1.29, 1.82) is 0 Å². The molecular weight excluding hydrogens is 326 g/mol. The molecule has 0 aliphatic carbocycles. The lowest BCUT2D eigenvalue weighted by molar-refractivity contribution is -0.0504. The van der Waals surface area contributed by atoms with Gasteiger partial charge in [0.25, 0.3) is 0 Å². The lowest BCUT2D eigenvalue weighted by Crippen LogP contribution is -2.50. The largest absolute Gasteiger partial charge is 0.434 e. The molecule has 0 aliphatic rings. The molecule has 25 heavy (non-hydrogen) atoms. The summed E-state index contributed by atoms with van der Waals surface area (Å²) in [5, 5.41) is 6.47. The number of rotatable bonds is 8. The first-order valence-corrected chi connectivity index (χ1v) is 8.39. The first kappa shape index (κ1) is 21.2. The van der Waals surface area contributed by atoms with Gasteiger partial charge in [0, 0.05) is 24.2 Å². The number of nitrogens with one attached hydrogen (secondary N) is 2. The third-order valence-electron chi connectivity index (χ3n) is 4.08. The zero-order chi connectivity index (χ0) is 19.0. The minimum absolute atomic E-state index is 0.0521. The van der Waals surface area contributed by atoms with Crippen molar-refractivity contribution in [1.82, 2.24) is 15.5 Å². The highest BCUT2D eigenvalue weighted by Crippen LogP contribution is 2.22. The van der Waals surface area contributed by atoms with Crippen LogP contribution in [0, 0.1) is 6.92 Å². The molecule has 0 bridgehead atoms. The molecule has 1 rings (SSSR count). The predicted octanol–water partition coefficient (Wildman–Crippen LogP) is 2.99. The van der Waals surface area contributed by atoms with E-state index >= 15 is 0 Å². The normalized spacial score (nSPS) is 12.6. The average Bonchev–Trinajstić information content (AvgIpc) is 2.51. The van der Waals surface area contributed by atoms with Crippen LogP contribution in [0.4, 0.5) is 8.78 Å². The van der Waals surface area contributed by atoms with E-state index in [1.54, 1.807) is 12.1 Å². The quantitative estimate of drug-likeness (QED) is 0.555. The zero-order valence-corrected chi connectivity index (χ0v) is 16.0. The molecule has 0 spiro atoms. The van der Waals surface area contributed by atoms with E-state index in [0.717, 1.165) is 5.56 Å². The van der Waals surface area contributed by atoms with Crippen molar-refractivity contribution >= 4 is 5.96 Å². The van der Waals surface area contributed by atoms with Crippen molar-refractivity contribution in [2.75, 3.05) is 27.2 Å². The summed E-state index contributed by atoms with van der Waals surface area (Å²) in [6, 6.07) is 5.12. The number of nitrogens with zero attached hydrogens (tertiary/aromatic N) is 2. The van der Waals surface area contributed by atoms with Gasteiger partial charge in [0.15, 0.2) is 5.96 Å². The first-order chi connectivity index (χ1) is 11.7. The number of benzene rings is 1. The number of likely N-dealkylation sites (N-methyl/N-ethyl adjacent to an activating group) is 1. The molecule has 7 heteroatoms. The van der Waals surface area contributed by atoms with Gasteiger partial charge < -0.3 is 20.3 Å². The van der Waals surface area contributed by atoms with Crippen LogP contribution < -0.4 is 15.4 Å². The van der Waals surface area contributed by atoms with E-state index in [1.807, 2.05) is 34.0 Å². The fourth-order valence-electron chi connectivity index (χ4n) is 2.01. The average molecular weight is 356 g/mol. The van der Waals surface area contributed by atoms with Gasteiger partial charge in [-0.3, -0.25) is 0 Å². The molecule has 2 N–H and O–H groups in total. The molecule has 0 atom stereocenters. The van der Waals surface area contributed by atoms with Crippen molar-refractivity contribution in [3.63, 3.8) is 0 Å². The molecule has 0 unspecified atom stereocenters. The number of aliphatic imine (C=N–C) groups is 1. The van der Waals surface area contributed by atoms with Crippen LogP contribution in [0.3, 0.4) is 0 Å². The highest BCUT2D eigenvalue weighted by atomic mass is 19.3. The fraction of sp³-hybridized carbons (Fsp3) is 0.611. The van der Waals surface area contributed by atoms with Crippen molar-refractivity contribution in [3.05, 3.63) is 29.3 Å². The van der Waals surface area contributed by atoms with Crippen LogP contribution >= 0.6 is 0 Å². The summed E-state index contributed by atoms with van der Waals surface area (Å²) in [5.74, 6) is 0.802. The van der Waals surface area contributed by atoms with Crippen molar-refractivity contribution in [3.8, 4) is 5.75 Å². The van der Waals surface area contributed by atoms with Gasteiger partial charge in [0.05, 0.1) is 6.54 Å². The number of hydrogen-bond donors (Lipinski definition) is 2. The minimum atomic E-state index is -2.85. The molecular formula is C18H30F2N4O. The number of alkyl halides is 2. The Kier molecular flexibility index (Phi) is 8.09. The molecule has 0 saturated carbocycles. The molecule has 0 saturated heterocycles. The number of ether oxygens (including phenoxy) is 1. The topological polar surface area (TPSA) is 48.9 Å². The van der Waals surface area contributed by atoms with E-state index in [4.69, 9.17) is 0 Å². The van der Waals surface area contributed by atoms with E-state index in [-0.39, 0.29) is 17.8 Å². The van der Waals surface area contributed by atoms with Crippen LogP contribution in [0.2, 0.25) is 0 Å². The molecule has 1 aromatic rings. The fourth-order valence-corrected chi connectivity index (χ4v) is 2.01. The molecule has 5 nitrogen and oxygen atoms in total. The maximum atomic E-state index is 12.6. The second kappa shape index (κ2) is 9.56. The summed E-state index contributed by atoms with van der Waals surface area (Å²) in [6.07, 6.45) is 0. The van der Waals surface area contributed by atoms with Crippen LogP contribution in [0.5, 0.6) is 5.75 Å². The summed E-state index contributed by atoms with van der Waals surface area (Å²) in [5.41, 5.74) is 1.55. The minimum Gasteiger partial charge on any atom is -0.434 e. The van der Waals surface area contributed by atoms with E-state index in [9.17, 15) is 8.78 Å². The third-order valence-corrected chi connectivity index (χ3v) is 4.08. The van der Waals surface area contributed by atoms with Gasteiger partial charge in [-0.2, -0.15) is 8.78 Å². The molecule has 0 aliphatic heterocycles. The van der Waals surface area contributed by atoms with E-state index < -0.39 is 6.61 Å². The molecule has 0 amide bonds. The van der Waals surface area contributed by atoms with Crippen LogP contribution in [0.1, 0.15) is 31.9 Å². The second-order valence-electron chi connectivity index (χ2n) is 6.75. The molecule has 142 valence electrons. The van der Waals surface area contributed by atoms with Crippen LogP contribution in [-0.2, 0) is 6.54 Å². The maximum absolute atomic E-state index is 12.6. The summed E-state index contributed by atoms with van der Waals surface area (Å²) in [7, 11) is 4.04. The molecule has 1 aromatic carbocycles. The highest BCUT2D eigenvalue weighted by Gasteiger charge is 2.20. The van der Waals surface area contributed by atoms with Gasteiger partial charge in [-0.15, -0.1) is 0 Å². The van der Waals surface area contributed by atoms with Gasteiger partial charge >= 0.3 is 6.61 Å². The summed E-state index contributed by atoms with van der Waals surface area (Å²) < 4.78 is 29.7. The van der Waals surface area contributed by atoms with Crippen molar-refractivity contribution in [2.24, 2.45) is 4.99 Å². The molecule has 0 aromatic heterocycles. The van der Waals surface area contributed by atoms with Crippen LogP contribution in [0.25, 0.3) is 0 Å². The predicted molar refractivity (Wildman–Crippen MR) is 98.4 cm³/mol. The Hall–Kier alpha value is -1.89. The highest BCUT2D eigenvalue weighted by molar-refractivity contribution is 5.79. The van der Waals surface area contributed by atoms with Gasteiger partial charge in [-0.1, -0.05) is 17.7 Å². The number of hydrogen-bond acceptors (Lipinski definition) is 3. The first-order valence-electron chi connectivity index (χ1n) is 8.39. The van der Waals surface area contributed by atoms with Gasteiger partial charge in [-0.25, -0.2) is 4.99 Å². The third kappa shape index (κ3) is 7.25. The zero-order valence-electron chi connectivity index (χ0n) is 16.0. The number of guanidine groups is 1. The Morgan fingerprint density at radius 2 is 1.96 bits per heavy atom.